The van der Waals surface area contributed by atoms with E-state index in [0.717, 1.165) is 32.4 Å². The number of piperidine rings is 1. The summed E-state index contributed by atoms with van der Waals surface area (Å²) in [6.45, 7) is 1.29. The number of nitrogens with zero attached hydrogens (tertiary/aromatic N) is 1. The zero-order valence-corrected chi connectivity index (χ0v) is 9.15. The second-order valence-corrected chi connectivity index (χ2v) is 3.98. The number of halogens is 3. The largest absolute Gasteiger partial charge is 0.390 e. The summed E-state index contributed by atoms with van der Waals surface area (Å²) in [5.41, 5.74) is 0. The van der Waals surface area contributed by atoms with E-state index in [1.807, 2.05) is 0 Å². The summed E-state index contributed by atoms with van der Waals surface area (Å²) in [4.78, 5) is 13.2. The number of carbonyl (C=O) groups is 1. The third-order valence-electron chi connectivity index (χ3n) is 2.57. The minimum atomic E-state index is -4.15. The van der Waals surface area contributed by atoms with Crippen molar-refractivity contribution >= 4 is 5.91 Å². The summed E-state index contributed by atoms with van der Waals surface area (Å²) >= 11 is 0. The minimum Gasteiger partial charge on any atom is -0.342 e. The molecule has 1 N–H and O–H groups in total. The highest BCUT2D eigenvalue weighted by Crippen LogP contribution is 2.18. The topological polar surface area (TPSA) is 32.3 Å². The van der Waals surface area contributed by atoms with E-state index in [4.69, 9.17) is 0 Å². The Balaban J connectivity index is 2.10. The smallest absolute Gasteiger partial charge is 0.342 e. The molecule has 0 aromatic rings. The van der Waals surface area contributed by atoms with Crippen LogP contribution in [0, 0.1) is 0 Å². The van der Waals surface area contributed by atoms with Gasteiger partial charge in [-0.1, -0.05) is 0 Å². The highest BCUT2D eigenvalue weighted by Gasteiger charge is 2.26. The lowest BCUT2D eigenvalue weighted by molar-refractivity contribution is -0.136. The van der Waals surface area contributed by atoms with Gasteiger partial charge in [0.1, 0.15) is 0 Å². The molecule has 1 rings (SSSR count). The molecule has 3 nitrogen and oxygen atoms in total. The van der Waals surface area contributed by atoms with Gasteiger partial charge in [-0.3, -0.25) is 4.79 Å². The molecule has 0 spiro atoms. The van der Waals surface area contributed by atoms with Crippen LogP contribution in [0.1, 0.15) is 25.7 Å². The molecule has 0 atom stereocenters. The summed E-state index contributed by atoms with van der Waals surface area (Å²) in [5.74, 6) is -0.0955. The van der Waals surface area contributed by atoms with Gasteiger partial charge in [-0.05, 0) is 19.3 Å². The average molecular weight is 238 g/mol. The molecule has 1 aliphatic heterocycles. The van der Waals surface area contributed by atoms with Crippen LogP contribution in [0.4, 0.5) is 13.2 Å². The molecule has 94 valence electrons. The Morgan fingerprint density at radius 2 is 1.81 bits per heavy atom. The highest BCUT2D eigenvalue weighted by atomic mass is 19.4. The van der Waals surface area contributed by atoms with E-state index in [1.165, 1.54) is 0 Å². The molecule has 1 amide bonds. The van der Waals surface area contributed by atoms with Crippen LogP contribution in [0.15, 0.2) is 0 Å². The highest BCUT2D eigenvalue weighted by molar-refractivity contribution is 5.78. The number of amides is 1. The molecule has 1 aliphatic rings. The summed E-state index contributed by atoms with van der Waals surface area (Å²) in [6, 6.07) is 0. The Bertz CT molecular complexity index is 225. The molecule has 0 aromatic heterocycles. The molecule has 0 saturated carbocycles. The van der Waals surface area contributed by atoms with Gasteiger partial charge < -0.3 is 10.2 Å². The molecule has 0 aromatic carbocycles. The standard InChI is InChI=1S/C10H17F3N2O/c11-10(12,13)4-5-14-8-9(16)15-6-2-1-3-7-15/h14H,1-8H2. The van der Waals surface area contributed by atoms with Gasteiger partial charge in [0, 0.05) is 19.6 Å². The third-order valence-corrected chi connectivity index (χ3v) is 2.57. The Morgan fingerprint density at radius 1 is 1.19 bits per heavy atom. The predicted molar refractivity (Wildman–Crippen MR) is 54.0 cm³/mol. The van der Waals surface area contributed by atoms with Gasteiger partial charge in [-0.25, -0.2) is 0 Å². The van der Waals surface area contributed by atoms with E-state index >= 15 is 0 Å². The van der Waals surface area contributed by atoms with Gasteiger partial charge in [0.25, 0.3) is 0 Å². The van der Waals surface area contributed by atoms with E-state index in [1.54, 1.807) is 4.90 Å². The van der Waals surface area contributed by atoms with Crippen LogP contribution in [0.2, 0.25) is 0 Å². The summed E-state index contributed by atoms with van der Waals surface area (Å²) in [7, 11) is 0. The fraction of sp³-hybridized carbons (Fsp3) is 0.900. The first-order chi connectivity index (χ1) is 7.49. The number of hydrogen-bond acceptors (Lipinski definition) is 2. The average Bonchev–Trinajstić information content (AvgIpc) is 2.24. The second kappa shape index (κ2) is 6.08. The number of likely N-dealkylation sites (tertiary alicyclic amines) is 1. The van der Waals surface area contributed by atoms with Crippen molar-refractivity contribution in [1.29, 1.82) is 0 Å². The predicted octanol–water partition coefficient (Wildman–Crippen LogP) is 1.54. The molecule has 0 unspecified atom stereocenters. The van der Waals surface area contributed by atoms with Crippen LogP contribution < -0.4 is 5.32 Å². The molecule has 16 heavy (non-hydrogen) atoms. The number of rotatable bonds is 4. The third kappa shape index (κ3) is 5.34. The zero-order chi connectivity index (χ0) is 12.0. The van der Waals surface area contributed by atoms with Crippen LogP contribution in [-0.4, -0.2) is 43.2 Å². The van der Waals surface area contributed by atoms with Crippen LogP contribution in [0.25, 0.3) is 0 Å². The Morgan fingerprint density at radius 3 is 2.38 bits per heavy atom. The van der Waals surface area contributed by atoms with Gasteiger partial charge in [-0.15, -0.1) is 0 Å². The van der Waals surface area contributed by atoms with Crippen LogP contribution >= 0.6 is 0 Å². The fourth-order valence-corrected chi connectivity index (χ4v) is 1.68. The SMILES string of the molecule is O=C(CNCCC(F)(F)F)N1CCCCC1. The number of hydrogen-bond donors (Lipinski definition) is 1. The molecule has 0 radical (unpaired) electrons. The molecule has 1 saturated heterocycles. The summed E-state index contributed by atoms with van der Waals surface area (Å²) in [5, 5.41) is 2.53. The normalized spacial score (nSPS) is 17.6. The summed E-state index contributed by atoms with van der Waals surface area (Å²) in [6.07, 6.45) is -1.92. The van der Waals surface area contributed by atoms with Gasteiger partial charge in [0.05, 0.1) is 13.0 Å². The maximum atomic E-state index is 11.8. The van der Waals surface area contributed by atoms with E-state index in [2.05, 4.69) is 5.32 Å². The molecule has 0 bridgehead atoms. The fourth-order valence-electron chi connectivity index (χ4n) is 1.68. The lowest BCUT2D eigenvalue weighted by atomic mass is 10.1. The Labute approximate surface area is 93.0 Å². The second-order valence-electron chi connectivity index (χ2n) is 3.98. The van der Waals surface area contributed by atoms with Crippen molar-refractivity contribution < 1.29 is 18.0 Å². The van der Waals surface area contributed by atoms with E-state index in [-0.39, 0.29) is 19.0 Å². The Hall–Kier alpha value is -0.780. The molecular formula is C10H17F3N2O. The van der Waals surface area contributed by atoms with Crippen LogP contribution in [-0.2, 0) is 4.79 Å². The lowest BCUT2D eigenvalue weighted by Gasteiger charge is -2.26. The van der Waals surface area contributed by atoms with Crippen molar-refractivity contribution in [3.05, 3.63) is 0 Å². The quantitative estimate of drug-likeness (QED) is 0.753. The van der Waals surface area contributed by atoms with Crippen molar-refractivity contribution in [3.63, 3.8) is 0 Å². The minimum absolute atomic E-state index is 0.01000. The molecular weight excluding hydrogens is 221 g/mol. The maximum absolute atomic E-state index is 11.8. The number of alkyl halides is 3. The first kappa shape index (κ1) is 13.3. The number of nitrogens with one attached hydrogen (secondary N) is 1. The maximum Gasteiger partial charge on any atom is 0.390 e. The molecule has 1 heterocycles. The van der Waals surface area contributed by atoms with Crippen molar-refractivity contribution in [3.8, 4) is 0 Å². The lowest BCUT2D eigenvalue weighted by Crippen LogP contribution is -2.41. The van der Waals surface area contributed by atoms with E-state index < -0.39 is 12.6 Å². The summed E-state index contributed by atoms with van der Waals surface area (Å²) < 4.78 is 35.4. The van der Waals surface area contributed by atoms with Crippen molar-refractivity contribution in [1.82, 2.24) is 10.2 Å². The number of carbonyl (C=O) groups excluding carboxylic acids is 1. The van der Waals surface area contributed by atoms with Crippen molar-refractivity contribution in [2.45, 2.75) is 31.9 Å². The van der Waals surface area contributed by atoms with Crippen molar-refractivity contribution in [2.24, 2.45) is 0 Å². The molecule has 1 fully saturated rings. The monoisotopic (exact) mass is 238 g/mol. The van der Waals surface area contributed by atoms with Gasteiger partial charge >= 0.3 is 6.18 Å². The van der Waals surface area contributed by atoms with Crippen LogP contribution in [0.5, 0.6) is 0 Å². The molecule has 6 heteroatoms. The van der Waals surface area contributed by atoms with E-state index in [0.29, 0.717) is 0 Å². The zero-order valence-electron chi connectivity index (χ0n) is 9.15. The van der Waals surface area contributed by atoms with Gasteiger partial charge in [0.15, 0.2) is 0 Å². The van der Waals surface area contributed by atoms with Crippen molar-refractivity contribution in [2.75, 3.05) is 26.2 Å². The first-order valence-electron chi connectivity index (χ1n) is 5.54. The van der Waals surface area contributed by atoms with E-state index in [9.17, 15) is 18.0 Å². The van der Waals surface area contributed by atoms with Gasteiger partial charge in [-0.2, -0.15) is 13.2 Å². The first-order valence-corrected chi connectivity index (χ1v) is 5.54. The van der Waals surface area contributed by atoms with Crippen LogP contribution in [0.3, 0.4) is 0 Å². The Kier molecular flexibility index (Phi) is 5.05. The molecule has 0 aliphatic carbocycles. The van der Waals surface area contributed by atoms with Gasteiger partial charge in [0.2, 0.25) is 5.91 Å².